The van der Waals surface area contributed by atoms with Crippen molar-refractivity contribution in [3.05, 3.63) is 51.6 Å². The summed E-state index contributed by atoms with van der Waals surface area (Å²) in [6, 6.07) is 7.28. The highest BCUT2D eigenvalue weighted by atomic mass is 32.1. The second kappa shape index (κ2) is 5.04. The molecule has 0 aliphatic heterocycles. The highest BCUT2D eigenvalue weighted by Gasteiger charge is 2.14. The van der Waals surface area contributed by atoms with Gasteiger partial charge in [-0.15, -0.1) is 11.3 Å². The van der Waals surface area contributed by atoms with E-state index >= 15 is 0 Å². The fourth-order valence-corrected chi connectivity index (χ4v) is 3.09. The number of nitrogens with one attached hydrogen (secondary N) is 1. The molecular formula is C15H11N3O2S. The molecule has 0 radical (unpaired) electrons. The third-order valence-corrected chi connectivity index (χ3v) is 4.32. The van der Waals surface area contributed by atoms with Crippen LogP contribution in [0.5, 0.6) is 5.75 Å². The number of benzene rings is 1. The lowest BCUT2D eigenvalue weighted by Crippen LogP contribution is -2.08. The Morgan fingerprint density at radius 3 is 2.67 bits per heavy atom. The largest absolute Gasteiger partial charge is 0.497 e. The topological polar surface area (TPSA) is 59.3 Å². The van der Waals surface area contributed by atoms with E-state index in [1.54, 1.807) is 14.0 Å². The number of hydrogen-bond acceptors (Lipinski definition) is 4. The Bertz CT molecular complexity index is 917. The Labute approximate surface area is 124 Å². The summed E-state index contributed by atoms with van der Waals surface area (Å²) in [6.45, 7) is 8.91. The highest BCUT2D eigenvalue weighted by molar-refractivity contribution is 7.22. The average molecular weight is 297 g/mol. The Hall–Kier alpha value is -2.65. The van der Waals surface area contributed by atoms with Crippen molar-refractivity contribution in [1.29, 1.82) is 0 Å². The lowest BCUT2D eigenvalue weighted by atomic mass is 10.2. The minimum Gasteiger partial charge on any atom is -0.497 e. The highest BCUT2D eigenvalue weighted by Crippen LogP contribution is 2.34. The Balaban J connectivity index is 2.20. The summed E-state index contributed by atoms with van der Waals surface area (Å²) in [5.41, 5.74) is 1.28. The molecule has 3 aromatic rings. The molecule has 1 aromatic carbocycles. The van der Waals surface area contributed by atoms with Crippen LogP contribution in [0.25, 0.3) is 26.4 Å². The average Bonchev–Trinajstić information content (AvgIpc) is 2.84. The van der Waals surface area contributed by atoms with Crippen molar-refractivity contribution in [3.8, 4) is 17.1 Å². The van der Waals surface area contributed by atoms with E-state index in [2.05, 4.69) is 14.8 Å². The maximum atomic E-state index is 12.2. The number of H-pyrrole nitrogens is 1. The van der Waals surface area contributed by atoms with Gasteiger partial charge in [-0.05, 0) is 36.8 Å². The van der Waals surface area contributed by atoms with Gasteiger partial charge in [-0.3, -0.25) is 4.79 Å². The molecule has 2 heterocycles. The standard InChI is InChI=1S/C15H11N3O2S/c1-8-11-13(19)17-12(18-15(11)21-14(8)16-2)9-4-6-10(20-3)7-5-9/h4-7H,1,3H3,(H,17,18,19). The molecule has 2 aromatic heterocycles. The van der Waals surface area contributed by atoms with Gasteiger partial charge in [0.1, 0.15) is 16.4 Å². The maximum Gasteiger partial charge on any atom is 0.258 e. The number of nitrogens with zero attached hydrogens (tertiary/aromatic N) is 2. The molecule has 3 rings (SSSR count). The van der Waals surface area contributed by atoms with E-state index in [0.717, 1.165) is 11.3 Å². The van der Waals surface area contributed by atoms with Gasteiger partial charge in [-0.2, -0.15) is 0 Å². The molecule has 0 aliphatic carbocycles. The van der Waals surface area contributed by atoms with E-state index < -0.39 is 0 Å². The SMILES string of the molecule is [C-]#[N+]c1sc2nc(-c3ccc(OC)cc3)[nH]c(=O)c2c1C. The van der Waals surface area contributed by atoms with Crippen molar-refractivity contribution in [3.63, 3.8) is 0 Å². The molecule has 6 heteroatoms. The van der Waals surface area contributed by atoms with E-state index in [-0.39, 0.29) is 5.56 Å². The van der Waals surface area contributed by atoms with Crippen LogP contribution >= 0.6 is 11.3 Å². The first-order chi connectivity index (χ1) is 10.1. The second-order valence-electron chi connectivity index (χ2n) is 4.47. The number of fused-ring (bicyclic) bond motifs is 1. The molecule has 104 valence electrons. The zero-order chi connectivity index (χ0) is 15.0. The number of thiophene rings is 1. The van der Waals surface area contributed by atoms with Gasteiger partial charge < -0.3 is 9.72 Å². The Morgan fingerprint density at radius 1 is 1.33 bits per heavy atom. The summed E-state index contributed by atoms with van der Waals surface area (Å²) < 4.78 is 5.11. The lowest BCUT2D eigenvalue weighted by molar-refractivity contribution is 0.415. The van der Waals surface area contributed by atoms with Crippen molar-refractivity contribution in [2.45, 2.75) is 6.92 Å². The molecule has 1 N–H and O–H groups in total. The maximum absolute atomic E-state index is 12.2. The summed E-state index contributed by atoms with van der Waals surface area (Å²) in [5, 5.41) is 1.01. The van der Waals surface area contributed by atoms with Crippen LogP contribution in [-0.2, 0) is 0 Å². The normalized spacial score (nSPS) is 10.5. The number of hydrogen-bond donors (Lipinski definition) is 1. The van der Waals surface area contributed by atoms with Crippen LogP contribution in [0.2, 0.25) is 0 Å². The first-order valence-electron chi connectivity index (χ1n) is 6.19. The van der Waals surface area contributed by atoms with Crippen molar-refractivity contribution >= 4 is 26.6 Å². The summed E-state index contributed by atoms with van der Waals surface area (Å²) in [7, 11) is 1.60. The number of aromatic nitrogens is 2. The molecule has 0 atom stereocenters. The first kappa shape index (κ1) is 13.3. The summed E-state index contributed by atoms with van der Waals surface area (Å²) in [5.74, 6) is 1.23. The van der Waals surface area contributed by atoms with Crippen molar-refractivity contribution < 1.29 is 4.74 Å². The Morgan fingerprint density at radius 2 is 2.05 bits per heavy atom. The third-order valence-electron chi connectivity index (χ3n) is 3.24. The molecule has 0 fully saturated rings. The van der Waals surface area contributed by atoms with Crippen LogP contribution in [-0.4, -0.2) is 17.1 Å². The fourth-order valence-electron chi connectivity index (χ4n) is 2.12. The molecule has 0 saturated heterocycles. The summed E-state index contributed by atoms with van der Waals surface area (Å²) in [6.07, 6.45) is 0. The zero-order valence-electron chi connectivity index (χ0n) is 11.4. The van der Waals surface area contributed by atoms with Crippen LogP contribution < -0.4 is 10.3 Å². The molecule has 0 spiro atoms. The summed E-state index contributed by atoms with van der Waals surface area (Å²) in [4.78, 5) is 23.5. The molecule has 0 saturated carbocycles. The Kier molecular flexibility index (Phi) is 3.20. The van der Waals surface area contributed by atoms with Gasteiger partial charge in [0.2, 0.25) is 5.00 Å². The third kappa shape index (κ3) is 2.18. The first-order valence-corrected chi connectivity index (χ1v) is 7.01. The van der Waals surface area contributed by atoms with Crippen molar-refractivity contribution in [2.75, 3.05) is 7.11 Å². The van der Waals surface area contributed by atoms with Crippen molar-refractivity contribution in [1.82, 2.24) is 9.97 Å². The van der Waals surface area contributed by atoms with E-state index in [9.17, 15) is 4.79 Å². The van der Waals surface area contributed by atoms with Crippen LogP contribution in [0.15, 0.2) is 29.1 Å². The zero-order valence-corrected chi connectivity index (χ0v) is 12.2. The van der Waals surface area contributed by atoms with Gasteiger partial charge >= 0.3 is 0 Å². The number of ether oxygens (including phenoxy) is 1. The van der Waals surface area contributed by atoms with E-state index in [1.165, 1.54) is 11.3 Å². The molecule has 0 amide bonds. The van der Waals surface area contributed by atoms with E-state index in [0.29, 0.717) is 26.6 Å². The minimum atomic E-state index is -0.213. The van der Waals surface area contributed by atoms with Gasteiger partial charge in [0, 0.05) is 5.56 Å². The van der Waals surface area contributed by atoms with Crippen molar-refractivity contribution in [2.24, 2.45) is 0 Å². The number of aryl methyl sites for hydroxylation is 1. The molecular weight excluding hydrogens is 286 g/mol. The van der Waals surface area contributed by atoms with Gasteiger partial charge in [-0.25, -0.2) is 9.83 Å². The molecule has 21 heavy (non-hydrogen) atoms. The monoisotopic (exact) mass is 297 g/mol. The van der Waals surface area contributed by atoms with Gasteiger partial charge in [0.05, 0.1) is 19.1 Å². The van der Waals surface area contributed by atoms with E-state index in [1.807, 2.05) is 24.3 Å². The number of methoxy groups -OCH3 is 1. The minimum absolute atomic E-state index is 0.213. The van der Waals surface area contributed by atoms with Gasteiger partial charge in [0.25, 0.3) is 5.56 Å². The van der Waals surface area contributed by atoms with E-state index in [4.69, 9.17) is 11.3 Å². The summed E-state index contributed by atoms with van der Waals surface area (Å²) >= 11 is 1.24. The predicted molar refractivity (Wildman–Crippen MR) is 83.2 cm³/mol. The van der Waals surface area contributed by atoms with Gasteiger partial charge in [-0.1, -0.05) is 0 Å². The van der Waals surface area contributed by atoms with Gasteiger partial charge in [0.15, 0.2) is 0 Å². The second-order valence-corrected chi connectivity index (χ2v) is 5.44. The lowest BCUT2D eigenvalue weighted by Gasteiger charge is -2.03. The smallest absolute Gasteiger partial charge is 0.258 e. The number of aromatic amines is 1. The quantitative estimate of drug-likeness (QED) is 0.736. The molecule has 5 nitrogen and oxygen atoms in total. The molecule has 0 aliphatic rings. The molecule has 0 bridgehead atoms. The van der Waals surface area contributed by atoms with Crippen LogP contribution in [0, 0.1) is 13.5 Å². The van der Waals surface area contributed by atoms with Crippen LogP contribution in [0.1, 0.15) is 5.56 Å². The van der Waals surface area contributed by atoms with Crippen LogP contribution in [0.3, 0.4) is 0 Å². The van der Waals surface area contributed by atoms with Crippen LogP contribution in [0.4, 0.5) is 5.00 Å². The molecule has 0 unspecified atom stereocenters. The number of rotatable bonds is 2. The fraction of sp³-hybridized carbons (Fsp3) is 0.133. The predicted octanol–water partition coefficient (Wildman–Crippen LogP) is 3.52.